The highest BCUT2D eigenvalue weighted by Crippen LogP contribution is 2.39. The zero-order valence-corrected chi connectivity index (χ0v) is 15.2. The van der Waals surface area contributed by atoms with Crippen molar-refractivity contribution in [1.82, 2.24) is 25.4 Å². The number of carbonyl (C=O) groups is 1. The lowest BCUT2D eigenvalue weighted by Gasteiger charge is -2.36. The Labute approximate surface area is 157 Å². The summed E-state index contributed by atoms with van der Waals surface area (Å²) in [5.41, 5.74) is 1.17. The molecule has 0 saturated heterocycles. The summed E-state index contributed by atoms with van der Waals surface area (Å²) in [4.78, 5) is 12.2. The van der Waals surface area contributed by atoms with Gasteiger partial charge in [0.15, 0.2) is 5.82 Å². The number of urea groups is 1. The van der Waals surface area contributed by atoms with Crippen molar-refractivity contribution in [2.24, 2.45) is 0 Å². The number of hydrogen-bond donors (Lipinski definition) is 2. The largest absolute Gasteiger partial charge is 0.379 e. The average molecular weight is 376 g/mol. The molecule has 1 aromatic carbocycles. The van der Waals surface area contributed by atoms with Gasteiger partial charge in [-0.25, -0.2) is 4.79 Å². The van der Waals surface area contributed by atoms with E-state index in [0.717, 1.165) is 42.5 Å². The summed E-state index contributed by atoms with van der Waals surface area (Å²) in [6.45, 7) is 2.40. The van der Waals surface area contributed by atoms with Crippen molar-refractivity contribution in [3.8, 4) is 0 Å². The number of amides is 2. The fourth-order valence-corrected chi connectivity index (χ4v) is 3.85. The molecule has 1 fully saturated rings. The summed E-state index contributed by atoms with van der Waals surface area (Å²) in [6.07, 6.45) is 2.58. The van der Waals surface area contributed by atoms with E-state index in [2.05, 4.69) is 26.9 Å². The smallest absolute Gasteiger partial charge is 0.315 e. The number of aromatic nitrogens is 3. The van der Waals surface area contributed by atoms with Crippen LogP contribution in [0.4, 0.5) is 4.79 Å². The normalized spacial score (nSPS) is 22.0. The molecule has 7 nitrogen and oxygen atoms in total. The molecule has 0 atom stereocenters. The summed E-state index contributed by atoms with van der Waals surface area (Å²) in [5, 5.41) is 15.1. The zero-order chi connectivity index (χ0) is 17.9. The molecule has 0 radical (unpaired) electrons. The quantitative estimate of drug-likeness (QED) is 0.858. The molecule has 1 aliphatic heterocycles. The number of ether oxygens (including phenoxy) is 1. The third-order valence-corrected chi connectivity index (χ3v) is 5.40. The van der Waals surface area contributed by atoms with Gasteiger partial charge in [0.05, 0.1) is 19.8 Å². The van der Waals surface area contributed by atoms with Gasteiger partial charge in [0, 0.05) is 24.0 Å². The van der Waals surface area contributed by atoms with E-state index in [-0.39, 0.29) is 12.1 Å². The minimum Gasteiger partial charge on any atom is -0.379 e. The number of benzene rings is 1. The van der Waals surface area contributed by atoms with Crippen LogP contribution in [0.3, 0.4) is 0 Å². The van der Waals surface area contributed by atoms with Gasteiger partial charge in [-0.3, -0.25) is 0 Å². The summed E-state index contributed by atoms with van der Waals surface area (Å²) >= 11 is 6.24. The number of rotatable bonds is 4. The van der Waals surface area contributed by atoms with Crippen molar-refractivity contribution in [2.75, 3.05) is 13.2 Å². The van der Waals surface area contributed by atoms with E-state index in [4.69, 9.17) is 16.3 Å². The summed E-state index contributed by atoms with van der Waals surface area (Å²) < 4.78 is 7.48. The van der Waals surface area contributed by atoms with Gasteiger partial charge in [-0.1, -0.05) is 29.8 Å². The van der Waals surface area contributed by atoms with Crippen LogP contribution in [0.15, 0.2) is 24.3 Å². The van der Waals surface area contributed by atoms with Crippen LogP contribution < -0.4 is 10.6 Å². The Hall–Kier alpha value is -2.12. The second kappa shape index (κ2) is 7.63. The first-order chi connectivity index (χ1) is 12.7. The van der Waals surface area contributed by atoms with Gasteiger partial charge in [0.25, 0.3) is 0 Å². The maximum Gasteiger partial charge on any atom is 0.315 e. The van der Waals surface area contributed by atoms with Crippen LogP contribution >= 0.6 is 11.6 Å². The van der Waals surface area contributed by atoms with Crippen LogP contribution in [0.25, 0.3) is 0 Å². The molecule has 1 saturated carbocycles. The molecule has 2 aromatic rings. The molecule has 0 unspecified atom stereocenters. The van der Waals surface area contributed by atoms with Gasteiger partial charge in [-0.05, 0) is 30.4 Å². The third kappa shape index (κ3) is 3.68. The molecule has 1 aromatic heterocycles. The second-order valence-corrected chi connectivity index (χ2v) is 7.17. The number of nitrogens with one attached hydrogen (secondary N) is 2. The Kier molecular flexibility index (Phi) is 5.08. The van der Waals surface area contributed by atoms with E-state index in [0.29, 0.717) is 25.7 Å². The molecule has 0 bridgehead atoms. The Balaban J connectivity index is 1.25. The van der Waals surface area contributed by atoms with Crippen molar-refractivity contribution >= 4 is 17.6 Å². The maximum atomic E-state index is 12.2. The molecular weight excluding hydrogens is 354 g/mol. The van der Waals surface area contributed by atoms with E-state index in [1.807, 2.05) is 22.8 Å². The van der Waals surface area contributed by atoms with Crippen LogP contribution in [0, 0.1) is 0 Å². The zero-order valence-electron chi connectivity index (χ0n) is 14.4. The van der Waals surface area contributed by atoms with Gasteiger partial charge in [0.1, 0.15) is 5.82 Å². The van der Waals surface area contributed by atoms with Crippen LogP contribution in [-0.4, -0.2) is 40.1 Å². The van der Waals surface area contributed by atoms with Gasteiger partial charge in [-0.15, -0.1) is 10.2 Å². The molecule has 26 heavy (non-hydrogen) atoms. The Morgan fingerprint density at radius 1 is 1.27 bits per heavy atom. The molecule has 2 heterocycles. The fraction of sp³-hybridized carbons (Fsp3) is 0.500. The topological polar surface area (TPSA) is 81.1 Å². The molecule has 2 aliphatic rings. The lowest BCUT2D eigenvalue weighted by atomic mass is 9.76. The number of hydrogen-bond acceptors (Lipinski definition) is 4. The first kappa shape index (κ1) is 17.3. The van der Waals surface area contributed by atoms with Crippen LogP contribution in [-0.2, 0) is 24.2 Å². The van der Waals surface area contributed by atoms with Gasteiger partial charge in [0.2, 0.25) is 0 Å². The van der Waals surface area contributed by atoms with Crippen LogP contribution in [0.1, 0.15) is 36.0 Å². The SMILES string of the molecule is O=C(NCc1nnc2n1CCOCC2)NC1CC(c2ccccc2Cl)C1. The molecule has 2 N–H and O–H groups in total. The van der Waals surface area contributed by atoms with Crippen molar-refractivity contribution in [1.29, 1.82) is 0 Å². The molecule has 138 valence electrons. The predicted molar refractivity (Wildman–Crippen MR) is 97.1 cm³/mol. The number of nitrogens with zero attached hydrogens (tertiary/aromatic N) is 3. The monoisotopic (exact) mass is 375 g/mol. The van der Waals surface area contributed by atoms with Gasteiger partial charge >= 0.3 is 6.03 Å². The minimum absolute atomic E-state index is 0.171. The highest BCUT2D eigenvalue weighted by Gasteiger charge is 2.32. The first-order valence-corrected chi connectivity index (χ1v) is 9.36. The molecular formula is C18H22ClN5O2. The molecule has 4 rings (SSSR count). The van der Waals surface area contributed by atoms with Crippen molar-refractivity contribution in [3.05, 3.63) is 46.5 Å². The highest BCUT2D eigenvalue weighted by molar-refractivity contribution is 6.31. The number of halogens is 1. The Bertz CT molecular complexity index is 788. The lowest BCUT2D eigenvalue weighted by Crippen LogP contribution is -2.47. The van der Waals surface area contributed by atoms with E-state index >= 15 is 0 Å². The van der Waals surface area contributed by atoms with E-state index in [9.17, 15) is 4.79 Å². The minimum atomic E-state index is -0.171. The van der Waals surface area contributed by atoms with Crippen molar-refractivity contribution in [3.63, 3.8) is 0 Å². The van der Waals surface area contributed by atoms with Crippen molar-refractivity contribution in [2.45, 2.75) is 44.3 Å². The molecule has 0 spiro atoms. The lowest BCUT2D eigenvalue weighted by molar-refractivity contribution is 0.139. The average Bonchev–Trinajstić information content (AvgIpc) is 2.83. The second-order valence-electron chi connectivity index (χ2n) is 6.76. The van der Waals surface area contributed by atoms with Crippen molar-refractivity contribution < 1.29 is 9.53 Å². The summed E-state index contributed by atoms with van der Waals surface area (Å²) in [5.74, 6) is 2.10. The van der Waals surface area contributed by atoms with E-state index in [1.54, 1.807) is 0 Å². The standard InChI is InChI=1S/C18H22ClN5O2/c19-15-4-2-1-3-14(15)12-9-13(10-12)21-18(25)20-11-17-23-22-16-5-7-26-8-6-24(16)17/h1-4,12-13H,5-11H2,(H2,20,21,25). The van der Waals surface area contributed by atoms with Gasteiger partial charge < -0.3 is 19.9 Å². The van der Waals surface area contributed by atoms with Crippen LogP contribution in [0.5, 0.6) is 0 Å². The molecule has 2 amide bonds. The highest BCUT2D eigenvalue weighted by atomic mass is 35.5. The first-order valence-electron chi connectivity index (χ1n) is 8.98. The fourth-order valence-electron chi connectivity index (χ4n) is 3.56. The van der Waals surface area contributed by atoms with Crippen LogP contribution in [0.2, 0.25) is 5.02 Å². The number of carbonyl (C=O) groups excluding carboxylic acids is 1. The van der Waals surface area contributed by atoms with E-state index < -0.39 is 0 Å². The third-order valence-electron chi connectivity index (χ3n) is 5.06. The number of fused-ring (bicyclic) bond motifs is 1. The molecule has 1 aliphatic carbocycles. The summed E-state index contributed by atoms with van der Waals surface area (Å²) in [6, 6.07) is 7.92. The summed E-state index contributed by atoms with van der Waals surface area (Å²) in [7, 11) is 0. The molecule has 8 heteroatoms. The Morgan fingerprint density at radius 3 is 2.96 bits per heavy atom. The predicted octanol–water partition coefficient (Wildman–Crippen LogP) is 2.25. The Morgan fingerprint density at radius 2 is 2.12 bits per heavy atom. The van der Waals surface area contributed by atoms with E-state index in [1.165, 1.54) is 5.56 Å². The maximum absolute atomic E-state index is 12.2. The van der Waals surface area contributed by atoms with Gasteiger partial charge in [-0.2, -0.15) is 0 Å².